The smallest absolute Gasteiger partial charge is 0.254 e. The van der Waals surface area contributed by atoms with Gasteiger partial charge < -0.3 is 10.6 Å². The fourth-order valence-corrected chi connectivity index (χ4v) is 4.71. The molecule has 7 heteroatoms. The Kier molecular flexibility index (Phi) is 8.41. The number of benzene rings is 2. The lowest BCUT2D eigenvalue weighted by Crippen LogP contribution is -2.40. The average Bonchev–Trinajstić information content (AvgIpc) is 2.85. The Morgan fingerprint density at radius 2 is 1.93 bits per heavy atom. The Morgan fingerprint density at radius 1 is 1.21 bits per heavy atom. The van der Waals surface area contributed by atoms with Crippen molar-refractivity contribution in [2.75, 3.05) is 13.1 Å². The zero-order chi connectivity index (χ0) is 20.3. The van der Waals surface area contributed by atoms with Gasteiger partial charge in [-0.2, -0.15) is 0 Å². The van der Waals surface area contributed by atoms with Crippen LogP contribution in [0.15, 0.2) is 35.2 Å². The molecule has 0 saturated heterocycles. The SMILES string of the molecule is CC(C)(C)NC(=O)c1ccc(CSc2c(Cl)ccc3c2CCNCC3)cc1F.Cl. The van der Waals surface area contributed by atoms with E-state index >= 15 is 0 Å². The van der Waals surface area contributed by atoms with Gasteiger partial charge in [-0.15, -0.1) is 24.2 Å². The van der Waals surface area contributed by atoms with E-state index in [2.05, 4.69) is 16.7 Å². The van der Waals surface area contributed by atoms with Crippen LogP contribution in [0.3, 0.4) is 0 Å². The monoisotopic (exact) mass is 456 g/mol. The summed E-state index contributed by atoms with van der Waals surface area (Å²) in [5.41, 5.74) is 3.12. The first-order valence-electron chi connectivity index (χ1n) is 9.49. The van der Waals surface area contributed by atoms with Crippen molar-refractivity contribution < 1.29 is 9.18 Å². The van der Waals surface area contributed by atoms with Crippen molar-refractivity contribution in [1.29, 1.82) is 0 Å². The summed E-state index contributed by atoms with van der Waals surface area (Å²) in [5, 5.41) is 6.95. The third kappa shape index (κ3) is 6.35. The zero-order valence-electron chi connectivity index (χ0n) is 16.9. The molecule has 0 unspecified atom stereocenters. The van der Waals surface area contributed by atoms with Crippen LogP contribution >= 0.6 is 35.8 Å². The molecule has 3 rings (SSSR count). The second kappa shape index (κ2) is 10.2. The van der Waals surface area contributed by atoms with Crippen molar-refractivity contribution in [2.45, 2.75) is 49.8 Å². The molecule has 29 heavy (non-hydrogen) atoms. The number of hydrogen-bond donors (Lipinski definition) is 2. The standard InChI is InChI=1S/C22H26ClFN2OS.ClH/c1-22(2,3)26-21(27)17-6-4-14(12-19(17)24)13-28-20-16-9-11-25-10-8-15(16)5-7-18(20)23;/h4-7,12,25H,8-11,13H2,1-3H3,(H,26,27);1H. The number of nitrogens with one attached hydrogen (secondary N) is 2. The molecular weight excluding hydrogens is 430 g/mol. The highest BCUT2D eigenvalue weighted by molar-refractivity contribution is 7.98. The van der Waals surface area contributed by atoms with E-state index < -0.39 is 17.3 Å². The minimum atomic E-state index is -0.498. The minimum Gasteiger partial charge on any atom is -0.347 e. The van der Waals surface area contributed by atoms with Crippen molar-refractivity contribution in [3.05, 3.63) is 63.4 Å². The molecule has 2 aromatic carbocycles. The number of fused-ring (bicyclic) bond motifs is 1. The van der Waals surface area contributed by atoms with Crippen LogP contribution < -0.4 is 10.6 Å². The molecule has 0 radical (unpaired) electrons. The Bertz CT molecular complexity index is 884. The number of halogens is 3. The van der Waals surface area contributed by atoms with Crippen LogP contribution in [0.25, 0.3) is 0 Å². The highest BCUT2D eigenvalue weighted by Gasteiger charge is 2.19. The molecule has 1 heterocycles. The van der Waals surface area contributed by atoms with Gasteiger partial charge in [0.15, 0.2) is 0 Å². The Balaban J connectivity index is 0.00000300. The topological polar surface area (TPSA) is 41.1 Å². The summed E-state index contributed by atoms with van der Waals surface area (Å²) >= 11 is 8.10. The first-order valence-corrected chi connectivity index (χ1v) is 10.9. The lowest BCUT2D eigenvalue weighted by molar-refractivity contribution is 0.0915. The van der Waals surface area contributed by atoms with Crippen molar-refractivity contribution in [3.63, 3.8) is 0 Å². The number of carbonyl (C=O) groups excluding carboxylic acids is 1. The van der Waals surface area contributed by atoms with Gasteiger partial charge in [0.2, 0.25) is 0 Å². The Labute approximate surface area is 187 Å². The fourth-order valence-electron chi connectivity index (χ4n) is 3.26. The molecule has 3 nitrogen and oxygen atoms in total. The normalized spacial score (nSPS) is 13.8. The van der Waals surface area contributed by atoms with Gasteiger partial charge in [-0.1, -0.05) is 23.7 Å². The highest BCUT2D eigenvalue weighted by Crippen LogP contribution is 2.36. The summed E-state index contributed by atoms with van der Waals surface area (Å²) < 4.78 is 14.5. The third-order valence-electron chi connectivity index (χ3n) is 4.58. The van der Waals surface area contributed by atoms with Gasteiger partial charge in [0, 0.05) is 16.2 Å². The van der Waals surface area contributed by atoms with Crippen molar-refractivity contribution in [1.82, 2.24) is 10.6 Å². The quantitative estimate of drug-likeness (QED) is 0.604. The summed E-state index contributed by atoms with van der Waals surface area (Å²) in [6.45, 7) is 7.52. The third-order valence-corrected chi connectivity index (χ3v) is 6.24. The molecule has 1 aliphatic heterocycles. The van der Waals surface area contributed by atoms with Crippen LogP contribution in [0, 0.1) is 5.82 Å². The number of thioether (sulfide) groups is 1. The van der Waals surface area contributed by atoms with Crippen LogP contribution in [0.2, 0.25) is 5.02 Å². The molecule has 1 amide bonds. The van der Waals surface area contributed by atoms with E-state index in [1.54, 1.807) is 17.8 Å². The largest absolute Gasteiger partial charge is 0.347 e. The first-order chi connectivity index (χ1) is 13.2. The predicted molar refractivity (Wildman–Crippen MR) is 122 cm³/mol. The number of rotatable bonds is 4. The Morgan fingerprint density at radius 3 is 2.62 bits per heavy atom. The van der Waals surface area contributed by atoms with Gasteiger partial charge in [0.1, 0.15) is 5.82 Å². The first kappa shape index (κ1) is 24.0. The van der Waals surface area contributed by atoms with Crippen LogP contribution in [0.5, 0.6) is 0 Å². The van der Waals surface area contributed by atoms with E-state index in [4.69, 9.17) is 11.6 Å². The fraction of sp³-hybridized carbons (Fsp3) is 0.409. The van der Waals surface area contributed by atoms with Crippen LogP contribution in [0.1, 0.15) is 47.8 Å². The van der Waals surface area contributed by atoms with Gasteiger partial charge in [0.05, 0.1) is 10.6 Å². The van der Waals surface area contributed by atoms with E-state index in [-0.39, 0.29) is 18.0 Å². The van der Waals surface area contributed by atoms with E-state index in [1.807, 2.05) is 32.9 Å². The molecule has 158 valence electrons. The highest BCUT2D eigenvalue weighted by atomic mass is 35.5. The molecule has 0 aromatic heterocycles. The summed E-state index contributed by atoms with van der Waals surface area (Å²) in [6, 6.07) is 8.88. The van der Waals surface area contributed by atoms with Crippen molar-refractivity contribution >= 4 is 41.7 Å². The van der Waals surface area contributed by atoms with E-state index in [0.717, 1.165) is 41.4 Å². The van der Waals surface area contributed by atoms with Gasteiger partial charge in [-0.05, 0) is 81.6 Å². The molecule has 2 N–H and O–H groups in total. The number of hydrogen-bond acceptors (Lipinski definition) is 3. The molecule has 0 aliphatic carbocycles. The summed E-state index contributed by atoms with van der Waals surface area (Å²) in [5.74, 6) is -0.294. The summed E-state index contributed by atoms with van der Waals surface area (Å²) in [4.78, 5) is 13.3. The van der Waals surface area contributed by atoms with Gasteiger partial charge in [-0.25, -0.2) is 4.39 Å². The maximum absolute atomic E-state index is 14.5. The van der Waals surface area contributed by atoms with Crippen LogP contribution in [0.4, 0.5) is 4.39 Å². The molecule has 0 fully saturated rings. The maximum atomic E-state index is 14.5. The maximum Gasteiger partial charge on any atom is 0.254 e. The summed E-state index contributed by atoms with van der Waals surface area (Å²) in [6.07, 6.45) is 1.94. The lowest BCUT2D eigenvalue weighted by atomic mass is 10.0. The second-order valence-electron chi connectivity index (χ2n) is 8.07. The molecule has 0 spiro atoms. The lowest BCUT2D eigenvalue weighted by Gasteiger charge is -2.20. The van der Waals surface area contributed by atoms with Crippen molar-refractivity contribution in [3.8, 4) is 0 Å². The van der Waals surface area contributed by atoms with Crippen LogP contribution in [-0.2, 0) is 18.6 Å². The van der Waals surface area contributed by atoms with Gasteiger partial charge in [0.25, 0.3) is 5.91 Å². The van der Waals surface area contributed by atoms with E-state index in [1.165, 1.54) is 17.2 Å². The molecule has 0 bridgehead atoms. The van der Waals surface area contributed by atoms with Crippen LogP contribution in [-0.4, -0.2) is 24.5 Å². The average molecular weight is 457 g/mol. The predicted octanol–water partition coefficient (Wildman–Crippen LogP) is 5.41. The zero-order valence-corrected chi connectivity index (χ0v) is 19.3. The molecule has 0 saturated carbocycles. The van der Waals surface area contributed by atoms with Crippen molar-refractivity contribution in [2.24, 2.45) is 0 Å². The van der Waals surface area contributed by atoms with Gasteiger partial charge in [-0.3, -0.25) is 4.79 Å². The second-order valence-corrected chi connectivity index (χ2v) is 9.46. The number of amides is 1. The number of carbonyl (C=O) groups is 1. The Hall–Kier alpha value is -1.27. The summed E-state index contributed by atoms with van der Waals surface area (Å²) in [7, 11) is 0. The molecule has 1 aliphatic rings. The minimum absolute atomic E-state index is 0. The molecule has 2 aromatic rings. The van der Waals surface area contributed by atoms with Gasteiger partial charge >= 0.3 is 0 Å². The molecule has 0 atom stereocenters. The van der Waals surface area contributed by atoms with E-state index in [0.29, 0.717) is 5.75 Å². The molecular formula is C22H27Cl2FN2OS. The van der Waals surface area contributed by atoms with E-state index in [9.17, 15) is 9.18 Å².